The second-order valence-corrected chi connectivity index (χ2v) is 2.50. The van der Waals surface area contributed by atoms with Crippen LogP contribution < -0.4 is 5.32 Å². The molecule has 2 N–H and O–H groups in total. The average molecular weight is 199 g/mol. The van der Waals surface area contributed by atoms with Crippen molar-refractivity contribution in [1.29, 1.82) is 0 Å². The first-order valence-corrected chi connectivity index (χ1v) is 4.15. The van der Waals surface area contributed by atoms with Crippen LogP contribution in [0.25, 0.3) is 0 Å². The van der Waals surface area contributed by atoms with Gasteiger partial charge in [0.1, 0.15) is 12.6 Å². The average Bonchev–Trinajstić information content (AvgIpc) is 2.14. The summed E-state index contributed by atoms with van der Waals surface area (Å²) in [4.78, 5) is 21.6. The van der Waals surface area contributed by atoms with Gasteiger partial charge in [-0.05, 0) is 6.92 Å². The number of ether oxygens (including phenoxy) is 1. The highest BCUT2D eigenvalue weighted by molar-refractivity contribution is 5.84. The lowest BCUT2D eigenvalue weighted by molar-refractivity contribution is -0.142. The number of rotatable bonds is 6. The van der Waals surface area contributed by atoms with Crippen molar-refractivity contribution in [3.8, 4) is 12.3 Å². The van der Waals surface area contributed by atoms with Gasteiger partial charge in [-0.25, -0.2) is 4.79 Å². The van der Waals surface area contributed by atoms with Crippen LogP contribution in [0.5, 0.6) is 0 Å². The molecule has 14 heavy (non-hydrogen) atoms. The van der Waals surface area contributed by atoms with Crippen LogP contribution in [-0.2, 0) is 14.3 Å². The molecule has 5 nitrogen and oxygen atoms in total. The van der Waals surface area contributed by atoms with Gasteiger partial charge in [-0.15, -0.1) is 12.3 Å². The monoisotopic (exact) mass is 199 g/mol. The highest BCUT2D eigenvalue weighted by atomic mass is 16.5. The number of aliphatic carboxylic acids is 1. The largest absolute Gasteiger partial charge is 0.480 e. The van der Waals surface area contributed by atoms with Crippen molar-refractivity contribution in [3.63, 3.8) is 0 Å². The number of carbonyl (C=O) groups is 2. The highest BCUT2D eigenvalue weighted by Gasteiger charge is 2.18. The minimum atomic E-state index is -1.15. The lowest BCUT2D eigenvalue weighted by Gasteiger charge is -2.11. The normalized spacial score (nSPS) is 11.4. The molecule has 0 aromatic carbocycles. The van der Waals surface area contributed by atoms with Crippen molar-refractivity contribution in [2.24, 2.45) is 0 Å². The molecule has 0 aromatic heterocycles. The third-order valence-corrected chi connectivity index (χ3v) is 1.39. The molecule has 0 rings (SSSR count). The topological polar surface area (TPSA) is 75.6 Å². The molecular formula is C9H13NO4. The molecule has 0 heterocycles. The highest BCUT2D eigenvalue weighted by Crippen LogP contribution is 1.90. The molecule has 0 saturated heterocycles. The van der Waals surface area contributed by atoms with Crippen molar-refractivity contribution in [1.82, 2.24) is 5.32 Å². The van der Waals surface area contributed by atoms with Gasteiger partial charge in [-0.2, -0.15) is 0 Å². The van der Waals surface area contributed by atoms with E-state index in [1.165, 1.54) is 0 Å². The van der Waals surface area contributed by atoms with Crippen LogP contribution >= 0.6 is 0 Å². The number of terminal acetylenes is 1. The molecule has 78 valence electrons. The van der Waals surface area contributed by atoms with E-state index in [1.807, 2.05) is 0 Å². The molecule has 0 aliphatic heterocycles. The standard InChI is InChI=1S/C9H13NO4/c1-3-5-7(9(12)13)10-8(11)6-14-4-2/h1,7H,4-6H2,2H3,(H,10,11)(H,12,13)/t7-/m0/s1. The predicted octanol–water partition coefficient (Wildman–Crippen LogP) is -0.384. The third-order valence-electron chi connectivity index (χ3n) is 1.39. The fourth-order valence-electron chi connectivity index (χ4n) is 0.749. The van der Waals surface area contributed by atoms with E-state index >= 15 is 0 Å². The molecule has 0 unspecified atom stereocenters. The molecule has 0 saturated carbocycles. The molecule has 0 aliphatic rings. The van der Waals surface area contributed by atoms with E-state index in [2.05, 4.69) is 11.2 Å². The Hall–Kier alpha value is -1.54. The predicted molar refractivity (Wildman–Crippen MR) is 49.5 cm³/mol. The number of hydrogen-bond acceptors (Lipinski definition) is 3. The first-order valence-electron chi connectivity index (χ1n) is 4.15. The number of hydrogen-bond donors (Lipinski definition) is 2. The quantitative estimate of drug-likeness (QED) is 0.571. The second kappa shape index (κ2) is 6.92. The fourth-order valence-corrected chi connectivity index (χ4v) is 0.749. The lowest BCUT2D eigenvalue weighted by Crippen LogP contribution is -2.42. The summed E-state index contributed by atoms with van der Waals surface area (Å²) in [5.41, 5.74) is 0. The van der Waals surface area contributed by atoms with Gasteiger partial charge in [0.05, 0.1) is 0 Å². The Morgan fingerprint density at radius 3 is 2.71 bits per heavy atom. The summed E-state index contributed by atoms with van der Waals surface area (Å²) >= 11 is 0. The Morgan fingerprint density at radius 1 is 1.64 bits per heavy atom. The molecule has 0 radical (unpaired) electrons. The van der Waals surface area contributed by atoms with Crippen molar-refractivity contribution >= 4 is 11.9 Å². The Kier molecular flexibility index (Phi) is 6.16. The Balaban J connectivity index is 3.97. The summed E-state index contributed by atoms with van der Waals surface area (Å²) in [5, 5.41) is 10.9. The molecule has 1 atom stereocenters. The SMILES string of the molecule is C#CC[C@H](NC(=O)COCC)C(=O)O. The maximum Gasteiger partial charge on any atom is 0.327 e. The van der Waals surface area contributed by atoms with Gasteiger partial charge in [0.2, 0.25) is 5.91 Å². The van der Waals surface area contributed by atoms with Crippen LogP contribution in [0.1, 0.15) is 13.3 Å². The summed E-state index contributed by atoms with van der Waals surface area (Å²) in [6.07, 6.45) is 4.91. The van der Waals surface area contributed by atoms with Gasteiger partial charge in [-0.3, -0.25) is 4.79 Å². The van der Waals surface area contributed by atoms with E-state index in [0.29, 0.717) is 6.61 Å². The van der Waals surface area contributed by atoms with Crippen LogP contribution in [-0.4, -0.2) is 36.2 Å². The number of carboxylic acid groups (broad SMARTS) is 1. The van der Waals surface area contributed by atoms with Crippen molar-refractivity contribution in [2.45, 2.75) is 19.4 Å². The zero-order valence-corrected chi connectivity index (χ0v) is 7.95. The molecule has 0 aliphatic carbocycles. The maximum absolute atomic E-state index is 11.0. The fraction of sp³-hybridized carbons (Fsp3) is 0.556. The van der Waals surface area contributed by atoms with Gasteiger partial charge in [0.25, 0.3) is 0 Å². The van der Waals surface area contributed by atoms with Crippen molar-refractivity contribution in [3.05, 3.63) is 0 Å². The maximum atomic E-state index is 11.0. The summed E-state index contributed by atoms with van der Waals surface area (Å²) in [7, 11) is 0. The number of amides is 1. The van der Waals surface area contributed by atoms with Crippen LogP contribution in [0.4, 0.5) is 0 Å². The molecule has 1 amide bonds. The van der Waals surface area contributed by atoms with Crippen LogP contribution in [0, 0.1) is 12.3 Å². The minimum Gasteiger partial charge on any atom is -0.480 e. The zero-order valence-electron chi connectivity index (χ0n) is 7.95. The van der Waals surface area contributed by atoms with E-state index < -0.39 is 17.9 Å². The van der Waals surface area contributed by atoms with Crippen LogP contribution in [0.2, 0.25) is 0 Å². The first-order chi connectivity index (χ1) is 6.61. The zero-order chi connectivity index (χ0) is 11.0. The van der Waals surface area contributed by atoms with E-state index in [9.17, 15) is 9.59 Å². The van der Waals surface area contributed by atoms with Crippen molar-refractivity contribution < 1.29 is 19.4 Å². The van der Waals surface area contributed by atoms with Gasteiger partial charge in [-0.1, -0.05) is 0 Å². The van der Waals surface area contributed by atoms with Gasteiger partial charge in [0, 0.05) is 13.0 Å². The molecule has 0 spiro atoms. The summed E-state index contributed by atoms with van der Waals surface area (Å²) in [6.45, 7) is 1.99. The summed E-state index contributed by atoms with van der Waals surface area (Å²) in [6, 6.07) is -1.03. The lowest BCUT2D eigenvalue weighted by atomic mass is 10.2. The van der Waals surface area contributed by atoms with Crippen LogP contribution in [0.15, 0.2) is 0 Å². The first kappa shape index (κ1) is 12.5. The smallest absolute Gasteiger partial charge is 0.327 e. The van der Waals surface area contributed by atoms with Crippen molar-refractivity contribution in [2.75, 3.05) is 13.2 Å². The van der Waals surface area contributed by atoms with E-state index in [4.69, 9.17) is 16.3 Å². The Morgan fingerprint density at radius 2 is 2.29 bits per heavy atom. The molecule has 5 heteroatoms. The Bertz CT molecular complexity index is 244. The van der Waals surface area contributed by atoms with Gasteiger partial charge in [0.15, 0.2) is 0 Å². The summed E-state index contributed by atoms with van der Waals surface area (Å²) < 4.78 is 4.80. The second-order valence-electron chi connectivity index (χ2n) is 2.50. The van der Waals surface area contributed by atoms with Crippen LogP contribution in [0.3, 0.4) is 0 Å². The van der Waals surface area contributed by atoms with E-state index in [-0.39, 0.29) is 13.0 Å². The molecular weight excluding hydrogens is 186 g/mol. The molecule has 0 bridgehead atoms. The Labute approximate surface area is 82.4 Å². The van der Waals surface area contributed by atoms with Gasteiger partial charge >= 0.3 is 5.97 Å². The number of nitrogens with one attached hydrogen (secondary N) is 1. The number of carboxylic acids is 1. The summed E-state index contributed by atoms with van der Waals surface area (Å²) in [5.74, 6) is 0.551. The van der Waals surface area contributed by atoms with E-state index in [0.717, 1.165) is 0 Å². The third kappa shape index (κ3) is 5.17. The minimum absolute atomic E-state index is 0.0345. The molecule has 0 fully saturated rings. The molecule has 0 aromatic rings. The number of carbonyl (C=O) groups excluding carboxylic acids is 1. The van der Waals surface area contributed by atoms with E-state index in [1.54, 1.807) is 6.92 Å². The van der Waals surface area contributed by atoms with Gasteiger partial charge < -0.3 is 15.2 Å².